The van der Waals surface area contributed by atoms with E-state index in [1.165, 1.54) is 4.90 Å². The number of likely N-dealkylation sites (N-methyl/N-ethyl adjacent to an activating group) is 2. The first-order valence-electron chi connectivity index (χ1n) is 10.4. The van der Waals surface area contributed by atoms with Gasteiger partial charge >= 0.3 is 0 Å². The molecule has 2 aromatic carbocycles. The van der Waals surface area contributed by atoms with Crippen molar-refractivity contribution in [3.8, 4) is 5.75 Å². The lowest BCUT2D eigenvalue weighted by molar-refractivity contribution is -0.140. The van der Waals surface area contributed by atoms with Crippen LogP contribution in [-0.4, -0.2) is 74.0 Å². The summed E-state index contributed by atoms with van der Waals surface area (Å²) >= 11 is 6.06. The molecule has 2 heterocycles. The fraction of sp³-hybridized carbons (Fsp3) is 0.333. The first kappa shape index (κ1) is 22.2. The van der Waals surface area contributed by atoms with Crippen molar-refractivity contribution in [3.63, 3.8) is 0 Å². The van der Waals surface area contributed by atoms with Gasteiger partial charge in [0.1, 0.15) is 18.1 Å². The number of hydrogen-bond acceptors (Lipinski definition) is 6. The zero-order valence-electron chi connectivity index (χ0n) is 18.3. The molecule has 0 spiro atoms. The summed E-state index contributed by atoms with van der Waals surface area (Å²) in [5.74, 6) is -0.788. The Labute approximate surface area is 192 Å². The molecule has 1 atom stereocenters. The zero-order valence-corrected chi connectivity index (χ0v) is 19.1. The summed E-state index contributed by atoms with van der Waals surface area (Å²) in [4.78, 5) is 31.5. The van der Waals surface area contributed by atoms with Gasteiger partial charge in [0.25, 0.3) is 11.7 Å². The second-order valence-electron chi connectivity index (χ2n) is 8.30. The van der Waals surface area contributed by atoms with Crippen LogP contribution in [0.2, 0.25) is 5.02 Å². The van der Waals surface area contributed by atoms with Crippen molar-refractivity contribution in [2.75, 3.05) is 52.3 Å². The Balaban J connectivity index is 1.83. The summed E-state index contributed by atoms with van der Waals surface area (Å²) in [7, 11) is 5.75. The third-order valence-corrected chi connectivity index (χ3v) is 6.09. The molecule has 8 heteroatoms. The van der Waals surface area contributed by atoms with Crippen molar-refractivity contribution < 1.29 is 19.4 Å². The number of likely N-dealkylation sites (tertiary alicyclic amines) is 1. The molecule has 2 aliphatic heterocycles. The van der Waals surface area contributed by atoms with Crippen LogP contribution in [0.3, 0.4) is 0 Å². The molecule has 1 amide bonds. The van der Waals surface area contributed by atoms with E-state index >= 15 is 0 Å². The maximum absolute atomic E-state index is 13.1. The number of hydrogen-bond donors (Lipinski definition) is 1. The normalized spacial score (nSPS) is 20.0. The van der Waals surface area contributed by atoms with Gasteiger partial charge in [-0.3, -0.25) is 9.59 Å². The van der Waals surface area contributed by atoms with Gasteiger partial charge in [0.05, 0.1) is 23.8 Å². The highest BCUT2D eigenvalue weighted by Gasteiger charge is 2.46. The number of aliphatic hydroxyl groups excluding tert-OH is 1. The largest absolute Gasteiger partial charge is 0.507 e. The Morgan fingerprint density at radius 3 is 2.59 bits per heavy atom. The second kappa shape index (κ2) is 8.84. The molecular weight excluding hydrogens is 430 g/mol. The number of carbonyl (C=O) groups excluding carboxylic acids is 2. The summed E-state index contributed by atoms with van der Waals surface area (Å²) in [5.41, 5.74) is 2.08. The lowest BCUT2D eigenvalue weighted by Gasteiger charge is -2.28. The number of ether oxygens (including phenoxy) is 1. The summed E-state index contributed by atoms with van der Waals surface area (Å²) in [6.07, 6.45) is 0. The van der Waals surface area contributed by atoms with Crippen molar-refractivity contribution in [3.05, 3.63) is 64.2 Å². The number of aliphatic hydroxyl groups is 1. The van der Waals surface area contributed by atoms with Crippen molar-refractivity contribution in [2.45, 2.75) is 6.04 Å². The van der Waals surface area contributed by atoms with Crippen LogP contribution >= 0.6 is 11.6 Å². The highest BCUT2D eigenvalue weighted by atomic mass is 35.5. The maximum Gasteiger partial charge on any atom is 0.295 e. The van der Waals surface area contributed by atoms with Crippen LogP contribution in [-0.2, 0) is 9.59 Å². The van der Waals surface area contributed by atoms with E-state index in [1.54, 1.807) is 42.5 Å². The number of benzene rings is 2. The van der Waals surface area contributed by atoms with E-state index in [2.05, 4.69) is 0 Å². The van der Waals surface area contributed by atoms with Crippen LogP contribution in [0.25, 0.3) is 5.76 Å². The molecule has 2 aromatic rings. The number of ketones is 1. The fourth-order valence-corrected chi connectivity index (χ4v) is 4.19. The third kappa shape index (κ3) is 4.06. The number of Topliss-reactive ketones (excluding diaryl/α,β-unsaturated/α-hetero) is 1. The smallest absolute Gasteiger partial charge is 0.295 e. The molecule has 168 valence electrons. The summed E-state index contributed by atoms with van der Waals surface area (Å²) < 4.78 is 5.68. The molecular formula is C24H26ClN3O4. The Kier molecular flexibility index (Phi) is 6.13. The molecule has 0 aliphatic carbocycles. The van der Waals surface area contributed by atoms with Gasteiger partial charge in [0.2, 0.25) is 0 Å². The maximum atomic E-state index is 13.1. The monoisotopic (exact) mass is 455 g/mol. The van der Waals surface area contributed by atoms with E-state index in [1.807, 2.05) is 30.9 Å². The number of amides is 1. The van der Waals surface area contributed by atoms with E-state index in [-0.39, 0.29) is 11.3 Å². The van der Waals surface area contributed by atoms with Crippen LogP contribution in [0.1, 0.15) is 17.2 Å². The van der Waals surface area contributed by atoms with Crippen molar-refractivity contribution in [1.82, 2.24) is 9.80 Å². The number of halogens is 1. The van der Waals surface area contributed by atoms with Crippen LogP contribution < -0.4 is 9.64 Å². The topological polar surface area (TPSA) is 73.3 Å². The molecule has 1 saturated heterocycles. The lowest BCUT2D eigenvalue weighted by Crippen LogP contribution is -2.35. The van der Waals surface area contributed by atoms with Crippen molar-refractivity contribution >= 4 is 34.7 Å². The second-order valence-corrected chi connectivity index (χ2v) is 8.74. The van der Waals surface area contributed by atoms with Crippen LogP contribution in [0.4, 0.5) is 5.69 Å². The average Bonchev–Trinajstić information content (AvgIpc) is 3.02. The Morgan fingerprint density at radius 2 is 1.91 bits per heavy atom. The number of nitrogens with zero attached hydrogens (tertiary/aromatic N) is 3. The Hall–Kier alpha value is -3.03. The van der Waals surface area contributed by atoms with E-state index in [4.69, 9.17) is 16.3 Å². The molecule has 4 rings (SSSR count). The van der Waals surface area contributed by atoms with E-state index in [9.17, 15) is 14.7 Å². The van der Waals surface area contributed by atoms with Gasteiger partial charge in [-0.05, 0) is 50.0 Å². The van der Waals surface area contributed by atoms with Gasteiger partial charge in [-0.25, -0.2) is 0 Å². The number of anilines is 1. The van der Waals surface area contributed by atoms with E-state index in [0.717, 1.165) is 18.0 Å². The standard InChI is InChI=1S/C24H26ClN3O4/c1-26(2)10-11-28-21(15-4-7-17(25)8-5-15)20(23(30)24(28)31)22(29)16-6-9-19-18(14-16)27(3)12-13-32-19/h4-9,14,21,29H,10-13H2,1-3H3/b22-20-. The quantitative estimate of drug-likeness (QED) is 0.424. The summed E-state index contributed by atoms with van der Waals surface area (Å²) in [5, 5.41) is 11.8. The molecule has 1 N–H and O–H groups in total. The first-order valence-corrected chi connectivity index (χ1v) is 10.8. The van der Waals surface area contributed by atoms with Gasteiger partial charge in [-0.1, -0.05) is 23.7 Å². The van der Waals surface area contributed by atoms with Gasteiger partial charge in [0, 0.05) is 30.7 Å². The number of rotatable bonds is 5. The first-order chi connectivity index (χ1) is 15.3. The Bertz CT molecular complexity index is 1080. The third-order valence-electron chi connectivity index (χ3n) is 5.84. The molecule has 1 fully saturated rings. The minimum Gasteiger partial charge on any atom is -0.507 e. The predicted molar refractivity (Wildman–Crippen MR) is 124 cm³/mol. The zero-order chi connectivity index (χ0) is 23.0. The number of fused-ring (bicyclic) bond motifs is 1. The molecule has 7 nitrogen and oxygen atoms in total. The van der Waals surface area contributed by atoms with Crippen LogP contribution in [0.15, 0.2) is 48.0 Å². The van der Waals surface area contributed by atoms with Gasteiger partial charge in [0.15, 0.2) is 0 Å². The lowest BCUT2D eigenvalue weighted by atomic mass is 9.95. The van der Waals surface area contributed by atoms with E-state index < -0.39 is 17.7 Å². The van der Waals surface area contributed by atoms with Crippen LogP contribution in [0, 0.1) is 0 Å². The minimum absolute atomic E-state index is 0.0791. The molecule has 0 bridgehead atoms. The van der Waals surface area contributed by atoms with E-state index in [0.29, 0.717) is 35.8 Å². The molecule has 2 aliphatic rings. The molecule has 0 aromatic heterocycles. The average molecular weight is 456 g/mol. The number of carbonyl (C=O) groups is 2. The van der Waals surface area contributed by atoms with Crippen molar-refractivity contribution in [2.24, 2.45) is 0 Å². The highest BCUT2D eigenvalue weighted by Crippen LogP contribution is 2.41. The molecule has 1 unspecified atom stereocenters. The highest BCUT2D eigenvalue weighted by molar-refractivity contribution is 6.46. The SMILES string of the molecule is CN(C)CCN1C(=O)C(=O)/C(=C(\O)c2ccc3c(c2)N(C)CCO3)C1c1ccc(Cl)cc1. The van der Waals surface area contributed by atoms with Gasteiger partial charge in [-0.15, -0.1) is 0 Å². The molecule has 0 radical (unpaired) electrons. The molecule has 32 heavy (non-hydrogen) atoms. The van der Waals surface area contributed by atoms with Gasteiger partial charge < -0.3 is 24.5 Å². The Morgan fingerprint density at radius 1 is 1.19 bits per heavy atom. The fourth-order valence-electron chi connectivity index (χ4n) is 4.06. The van der Waals surface area contributed by atoms with Gasteiger partial charge in [-0.2, -0.15) is 0 Å². The van der Waals surface area contributed by atoms with Crippen molar-refractivity contribution in [1.29, 1.82) is 0 Å². The molecule has 0 saturated carbocycles. The summed E-state index contributed by atoms with van der Waals surface area (Å²) in [6.45, 7) is 2.24. The van der Waals surface area contributed by atoms with Crippen LogP contribution in [0.5, 0.6) is 5.75 Å². The predicted octanol–water partition coefficient (Wildman–Crippen LogP) is 3.15. The minimum atomic E-state index is -0.697. The summed E-state index contributed by atoms with van der Waals surface area (Å²) in [6, 6.07) is 11.6.